The van der Waals surface area contributed by atoms with Gasteiger partial charge in [0.15, 0.2) is 5.82 Å². The second kappa shape index (κ2) is 5.80. The molecule has 1 aromatic heterocycles. The number of hydrogen-bond acceptors (Lipinski definition) is 3. The van der Waals surface area contributed by atoms with Crippen LogP contribution in [0.2, 0.25) is 5.15 Å². The van der Waals surface area contributed by atoms with E-state index in [4.69, 9.17) is 11.6 Å². The number of hydrogen-bond donors (Lipinski definition) is 0. The van der Waals surface area contributed by atoms with E-state index >= 15 is 0 Å². The molecule has 0 radical (unpaired) electrons. The van der Waals surface area contributed by atoms with Crippen LogP contribution < -0.4 is 4.90 Å². The van der Waals surface area contributed by atoms with Gasteiger partial charge in [0, 0.05) is 24.7 Å². The zero-order valence-corrected chi connectivity index (χ0v) is 12.3. The molecule has 0 amide bonds. The van der Waals surface area contributed by atoms with Gasteiger partial charge in [-0.15, -0.1) is 0 Å². The minimum absolute atomic E-state index is 0.503. The van der Waals surface area contributed by atoms with E-state index < -0.39 is 0 Å². The van der Waals surface area contributed by atoms with E-state index in [0.717, 1.165) is 30.4 Å². The second-order valence-corrected chi connectivity index (χ2v) is 5.61. The molecule has 3 nitrogen and oxygen atoms in total. The minimum atomic E-state index is 0.503. The zero-order valence-electron chi connectivity index (χ0n) is 11.6. The predicted octanol–water partition coefficient (Wildman–Crippen LogP) is 4.03. The van der Waals surface area contributed by atoms with E-state index in [0.29, 0.717) is 11.0 Å². The summed E-state index contributed by atoms with van der Waals surface area (Å²) in [6.07, 6.45) is 2.67. The largest absolute Gasteiger partial charge is 0.356 e. The Morgan fingerprint density at radius 2 is 1.95 bits per heavy atom. The fraction of sp³-hybridized carbons (Fsp3) is 0.375. The van der Waals surface area contributed by atoms with Gasteiger partial charge in [0.2, 0.25) is 0 Å². The molecule has 0 bridgehead atoms. The third-order valence-electron chi connectivity index (χ3n) is 3.59. The highest BCUT2D eigenvalue weighted by Gasteiger charge is 2.24. The molecule has 3 rings (SSSR count). The van der Waals surface area contributed by atoms with Crippen LogP contribution in [0.4, 0.5) is 5.82 Å². The molecule has 20 heavy (non-hydrogen) atoms. The Labute approximate surface area is 124 Å². The summed E-state index contributed by atoms with van der Waals surface area (Å²) in [6.45, 7) is 4.16. The molecule has 4 heteroatoms. The van der Waals surface area contributed by atoms with Crippen LogP contribution in [0.3, 0.4) is 0 Å². The van der Waals surface area contributed by atoms with Crippen molar-refractivity contribution in [2.24, 2.45) is 5.92 Å². The summed E-state index contributed by atoms with van der Waals surface area (Å²) >= 11 is 6.18. The molecule has 1 fully saturated rings. The molecule has 1 aliphatic rings. The molecule has 1 saturated carbocycles. The Bertz CT molecular complexity index is 582. The van der Waals surface area contributed by atoms with E-state index in [9.17, 15) is 0 Å². The lowest BCUT2D eigenvalue weighted by Crippen LogP contribution is -2.26. The van der Waals surface area contributed by atoms with Crippen LogP contribution in [0.1, 0.15) is 19.8 Å². The fourth-order valence-electron chi connectivity index (χ4n) is 2.28. The Kier molecular flexibility index (Phi) is 3.88. The van der Waals surface area contributed by atoms with Crippen molar-refractivity contribution >= 4 is 17.4 Å². The monoisotopic (exact) mass is 287 g/mol. The summed E-state index contributed by atoms with van der Waals surface area (Å²) < 4.78 is 0. The molecular weight excluding hydrogens is 270 g/mol. The molecule has 0 saturated heterocycles. The Morgan fingerprint density at radius 1 is 1.20 bits per heavy atom. The first-order valence-electron chi connectivity index (χ1n) is 7.11. The molecule has 0 unspecified atom stereocenters. The van der Waals surface area contributed by atoms with Crippen molar-refractivity contribution in [1.29, 1.82) is 0 Å². The molecule has 1 heterocycles. The second-order valence-electron chi connectivity index (χ2n) is 5.22. The van der Waals surface area contributed by atoms with Crippen LogP contribution >= 0.6 is 11.6 Å². The predicted molar refractivity (Wildman–Crippen MR) is 83.1 cm³/mol. The zero-order chi connectivity index (χ0) is 13.9. The van der Waals surface area contributed by atoms with E-state index in [1.54, 1.807) is 0 Å². The fourth-order valence-corrected chi connectivity index (χ4v) is 2.46. The smallest absolute Gasteiger partial charge is 0.163 e. The van der Waals surface area contributed by atoms with Crippen molar-refractivity contribution < 1.29 is 0 Å². The van der Waals surface area contributed by atoms with Gasteiger partial charge >= 0.3 is 0 Å². The van der Waals surface area contributed by atoms with Gasteiger partial charge in [-0.25, -0.2) is 9.97 Å². The average Bonchev–Trinajstić information content (AvgIpc) is 3.29. The summed E-state index contributed by atoms with van der Waals surface area (Å²) in [5, 5.41) is 0.503. The summed E-state index contributed by atoms with van der Waals surface area (Å²) in [7, 11) is 0. The average molecular weight is 288 g/mol. The lowest BCUT2D eigenvalue weighted by molar-refractivity contribution is 0.731. The van der Waals surface area contributed by atoms with E-state index in [1.807, 2.05) is 36.4 Å². The SMILES string of the molecule is CCN(CC1CC1)c1cc(Cl)nc(-c2ccccc2)n1. The summed E-state index contributed by atoms with van der Waals surface area (Å²) in [5.41, 5.74) is 0.999. The number of halogens is 1. The molecular formula is C16H18ClN3. The van der Waals surface area contributed by atoms with Gasteiger partial charge in [-0.05, 0) is 25.7 Å². The molecule has 2 aromatic rings. The Balaban J connectivity index is 1.93. The van der Waals surface area contributed by atoms with Gasteiger partial charge < -0.3 is 4.90 Å². The van der Waals surface area contributed by atoms with Crippen molar-refractivity contribution in [3.63, 3.8) is 0 Å². The Hall–Kier alpha value is -1.61. The molecule has 1 aliphatic carbocycles. The van der Waals surface area contributed by atoms with Crippen molar-refractivity contribution in [2.75, 3.05) is 18.0 Å². The quantitative estimate of drug-likeness (QED) is 0.777. The van der Waals surface area contributed by atoms with Gasteiger partial charge in [-0.1, -0.05) is 41.9 Å². The first kappa shape index (κ1) is 13.4. The normalized spacial score (nSPS) is 14.3. The van der Waals surface area contributed by atoms with Crippen LogP contribution in [-0.2, 0) is 0 Å². The highest BCUT2D eigenvalue weighted by Crippen LogP contribution is 2.31. The van der Waals surface area contributed by atoms with Crippen LogP contribution in [0.5, 0.6) is 0 Å². The topological polar surface area (TPSA) is 29.0 Å². The van der Waals surface area contributed by atoms with Gasteiger partial charge in [0.1, 0.15) is 11.0 Å². The number of aromatic nitrogens is 2. The van der Waals surface area contributed by atoms with E-state index in [-0.39, 0.29) is 0 Å². The summed E-state index contributed by atoms with van der Waals surface area (Å²) in [4.78, 5) is 11.3. The summed E-state index contributed by atoms with van der Waals surface area (Å²) in [5.74, 6) is 2.45. The van der Waals surface area contributed by atoms with Crippen LogP contribution in [0, 0.1) is 5.92 Å². The lowest BCUT2D eigenvalue weighted by atomic mass is 10.2. The molecule has 0 N–H and O–H groups in total. The Morgan fingerprint density at radius 3 is 2.60 bits per heavy atom. The summed E-state index contributed by atoms with van der Waals surface area (Å²) in [6, 6.07) is 11.8. The number of nitrogens with zero attached hydrogens (tertiary/aromatic N) is 3. The maximum atomic E-state index is 6.18. The molecule has 0 aliphatic heterocycles. The first-order valence-corrected chi connectivity index (χ1v) is 7.49. The lowest BCUT2D eigenvalue weighted by Gasteiger charge is -2.22. The maximum Gasteiger partial charge on any atom is 0.163 e. The van der Waals surface area contributed by atoms with Gasteiger partial charge in [-0.3, -0.25) is 0 Å². The molecule has 0 spiro atoms. The van der Waals surface area contributed by atoms with Crippen LogP contribution in [-0.4, -0.2) is 23.1 Å². The van der Waals surface area contributed by atoms with Gasteiger partial charge in [0.05, 0.1) is 0 Å². The third kappa shape index (κ3) is 3.10. The van der Waals surface area contributed by atoms with E-state index in [1.165, 1.54) is 12.8 Å². The number of rotatable bonds is 5. The van der Waals surface area contributed by atoms with Crippen molar-refractivity contribution in [1.82, 2.24) is 9.97 Å². The van der Waals surface area contributed by atoms with Crippen LogP contribution in [0.15, 0.2) is 36.4 Å². The van der Waals surface area contributed by atoms with Gasteiger partial charge in [-0.2, -0.15) is 0 Å². The minimum Gasteiger partial charge on any atom is -0.356 e. The highest BCUT2D eigenvalue weighted by atomic mass is 35.5. The standard InChI is InChI=1S/C16H18ClN3/c1-2-20(11-12-8-9-12)15-10-14(17)18-16(19-15)13-6-4-3-5-7-13/h3-7,10,12H,2,8-9,11H2,1H3. The van der Waals surface area contributed by atoms with Crippen molar-refractivity contribution in [3.8, 4) is 11.4 Å². The number of anilines is 1. The third-order valence-corrected chi connectivity index (χ3v) is 3.79. The highest BCUT2D eigenvalue weighted by molar-refractivity contribution is 6.29. The van der Waals surface area contributed by atoms with E-state index in [2.05, 4.69) is 21.8 Å². The molecule has 1 aromatic carbocycles. The molecule has 104 valence electrons. The van der Waals surface area contributed by atoms with Crippen molar-refractivity contribution in [3.05, 3.63) is 41.6 Å². The maximum absolute atomic E-state index is 6.18. The first-order chi connectivity index (χ1) is 9.76. The van der Waals surface area contributed by atoms with Gasteiger partial charge in [0.25, 0.3) is 0 Å². The van der Waals surface area contributed by atoms with Crippen molar-refractivity contribution in [2.45, 2.75) is 19.8 Å². The van der Waals surface area contributed by atoms with Crippen LogP contribution in [0.25, 0.3) is 11.4 Å². The number of benzene rings is 1. The molecule has 0 atom stereocenters.